The lowest BCUT2D eigenvalue weighted by atomic mass is 9.43. The first-order valence-corrected chi connectivity index (χ1v) is 13.4. The third-order valence-corrected chi connectivity index (χ3v) is 11.1. The van der Waals surface area contributed by atoms with E-state index in [1.807, 2.05) is 7.11 Å². The van der Waals surface area contributed by atoms with Crippen LogP contribution in [0.25, 0.3) is 0 Å². The molecule has 4 rings (SSSR count). The molecule has 4 aliphatic carbocycles. The number of carbonyl (C=O) groups excluding carboxylic acids is 1. The molecular formula is C27H45NO6. The summed E-state index contributed by atoms with van der Waals surface area (Å²) in [5.41, 5.74) is -0.0561. The maximum absolute atomic E-state index is 12.1. The van der Waals surface area contributed by atoms with Crippen LogP contribution in [0.4, 0.5) is 0 Å². The number of aliphatic carboxylic acids is 1. The molecule has 0 spiro atoms. The fraction of sp³-hybridized carbons (Fsp3) is 0.926. The van der Waals surface area contributed by atoms with E-state index in [1.54, 1.807) is 0 Å². The molecule has 4 N–H and O–H groups in total. The Morgan fingerprint density at radius 3 is 2.50 bits per heavy atom. The van der Waals surface area contributed by atoms with Gasteiger partial charge in [0.2, 0.25) is 5.91 Å². The summed E-state index contributed by atoms with van der Waals surface area (Å²) in [6, 6.07) is 0. The van der Waals surface area contributed by atoms with E-state index < -0.39 is 5.97 Å². The van der Waals surface area contributed by atoms with Crippen molar-refractivity contribution in [3.8, 4) is 0 Å². The van der Waals surface area contributed by atoms with Crippen LogP contribution in [0, 0.1) is 46.3 Å². The number of carbonyl (C=O) groups is 2. The highest BCUT2D eigenvalue weighted by atomic mass is 16.5. The monoisotopic (exact) mass is 479 g/mol. The first-order valence-electron chi connectivity index (χ1n) is 13.4. The van der Waals surface area contributed by atoms with Crippen molar-refractivity contribution in [3.63, 3.8) is 0 Å². The van der Waals surface area contributed by atoms with E-state index in [2.05, 4.69) is 26.1 Å². The second-order valence-corrected chi connectivity index (χ2v) is 12.4. The Hall–Kier alpha value is -1.18. The lowest BCUT2D eigenvalue weighted by molar-refractivity contribution is -0.212. The molecule has 11 atom stereocenters. The molecule has 194 valence electrons. The van der Waals surface area contributed by atoms with Crippen molar-refractivity contribution >= 4 is 11.9 Å². The number of fused-ring (bicyclic) bond motifs is 5. The van der Waals surface area contributed by atoms with Gasteiger partial charge in [-0.2, -0.15) is 0 Å². The van der Waals surface area contributed by atoms with Gasteiger partial charge in [-0.05, 0) is 97.7 Å². The number of carboxylic acids is 1. The van der Waals surface area contributed by atoms with Crippen molar-refractivity contribution in [3.05, 3.63) is 0 Å². The predicted octanol–water partition coefficient (Wildman–Crippen LogP) is 3.22. The van der Waals surface area contributed by atoms with Crippen LogP contribution in [-0.4, -0.2) is 59.2 Å². The van der Waals surface area contributed by atoms with Crippen LogP contribution in [0.15, 0.2) is 0 Å². The average molecular weight is 480 g/mol. The molecule has 0 radical (unpaired) electrons. The van der Waals surface area contributed by atoms with Crippen LogP contribution in [-0.2, 0) is 14.3 Å². The number of hydrogen-bond acceptors (Lipinski definition) is 5. The van der Waals surface area contributed by atoms with E-state index in [1.165, 1.54) is 0 Å². The van der Waals surface area contributed by atoms with E-state index in [0.717, 1.165) is 44.9 Å². The van der Waals surface area contributed by atoms with Gasteiger partial charge in [-0.25, -0.2) is 0 Å². The third-order valence-electron chi connectivity index (χ3n) is 11.1. The topological polar surface area (TPSA) is 116 Å². The number of aliphatic hydroxyl groups excluding tert-OH is 2. The molecule has 0 heterocycles. The molecule has 0 bridgehead atoms. The molecule has 7 nitrogen and oxygen atoms in total. The minimum atomic E-state index is -1.03. The van der Waals surface area contributed by atoms with Gasteiger partial charge in [0.05, 0.1) is 18.3 Å². The van der Waals surface area contributed by atoms with Crippen molar-refractivity contribution < 1.29 is 29.6 Å². The first-order chi connectivity index (χ1) is 16.0. The van der Waals surface area contributed by atoms with Gasteiger partial charge in [-0.15, -0.1) is 0 Å². The molecule has 7 heteroatoms. The molecule has 34 heavy (non-hydrogen) atoms. The SMILES string of the molecule is COC1CC2CC(O)CCC2(C)C2CC(O)C3(C)C(C(C)CCC(=O)NCC(=O)O)CCC3C12. The van der Waals surface area contributed by atoms with E-state index in [0.29, 0.717) is 42.4 Å². The summed E-state index contributed by atoms with van der Waals surface area (Å²) < 4.78 is 6.14. The zero-order valence-electron chi connectivity index (χ0n) is 21.3. The number of carboxylic acid groups (broad SMARTS) is 1. The van der Waals surface area contributed by atoms with Gasteiger partial charge in [0.15, 0.2) is 0 Å². The van der Waals surface area contributed by atoms with Crippen molar-refractivity contribution in [1.29, 1.82) is 0 Å². The highest BCUT2D eigenvalue weighted by Crippen LogP contribution is 2.68. The Morgan fingerprint density at radius 1 is 1.09 bits per heavy atom. The lowest BCUT2D eigenvalue weighted by Gasteiger charge is -2.64. The number of ether oxygens (including phenoxy) is 1. The molecule has 11 unspecified atom stereocenters. The van der Waals surface area contributed by atoms with Crippen molar-refractivity contribution in [2.45, 2.75) is 96.9 Å². The van der Waals surface area contributed by atoms with Crippen molar-refractivity contribution in [1.82, 2.24) is 5.32 Å². The van der Waals surface area contributed by atoms with Gasteiger partial charge >= 0.3 is 5.97 Å². The van der Waals surface area contributed by atoms with E-state index in [9.17, 15) is 19.8 Å². The standard InChI is InChI=1S/C27H45NO6/c1-15(5-8-23(31)28-14-24(32)33)18-6-7-19-25-20(13-22(30)27(18,19)3)26(2)10-9-17(29)11-16(26)12-21(25)34-4/h15-22,25,29-30H,5-14H2,1-4H3,(H,28,31)(H,32,33). The van der Waals surface area contributed by atoms with Crippen molar-refractivity contribution in [2.24, 2.45) is 46.3 Å². The average Bonchev–Trinajstić information content (AvgIpc) is 3.15. The van der Waals surface area contributed by atoms with Gasteiger partial charge in [-0.1, -0.05) is 20.8 Å². The van der Waals surface area contributed by atoms with E-state index in [4.69, 9.17) is 9.84 Å². The highest BCUT2D eigenvalue weighted by Gasteiger charge is 2.65. The number of amides is 1. The highest BCUT2D eigenvalue weighted by molar-refractivity contribution is 5.81. The Labute approximate surface area is 204 Å². The summed E-state index contributed by atoms with van der Waals surface area (Å²) in [5.74, 6) is 1.02. The largest absolute Gasteiger partial charge is 0.480 e. The Balaban J connectivity index is 1.51. The smallest absolute Gasteiger partial charge is 0.322 e. The fourth-order valence-electron chi connectivity index (χ4n) is 9.18. The molecule has 4 aliphatic rings. The number of rotatable bonds is 7. The summed E-state index contributed by atoms with van der Waals surface area (Å²) in [7, 11) is 1.83. The van der Waals surface area contributed by atoms with Crippen LogP contribution in [0.3, 0.4) is 0 Å². The molecule has 0 aromatic rings. The molecule has 1 amide bonds. The summed E-state index contributed by atoms with van der Waals surface area (Å²) >= 11 is 0. The zero-order valence-corrected chi connectivity index (χ0v) is 21.3. The predicted molar refractivity (Wildman–Crippen MR) is 128 cm³/mol. The second-order valence-electron chi connectivity index (χ2n) is 12.4. The third kappa shape index (κ3) is 4.30. The molecule has 4 saturated carbocycles. The number of methoxy groups -OCH3 is 1. The molecule has 4 fully saturated rings. The number of nitrogens with one attached hydrogen (secondary N) is 1. The summed E-state index contributed by atoms with van der Waals surface area (Å²) in [6.07, 6.45) is 7.24. The van der Waals surface area contributed by atoms with Crippen LogP contribution in [0.1, 0.15) is 78.6 Å². The van der Waals surface area contributed by atoms with Crippen LogP contribution in [0.2, 0.25) is 0 Å². The van der Waals surface area contributed by atoms with Gasteiger partial charge in [0.1, 0.15) is 6.54 Å². The molecule has 0 aliphatic heterocycles. The number of aliphatic hydroxyl groups is 2. The van der Waals surface area contributed by atoms with Crippen LogP contribution in [0.5, 0.6) is 0 Å². The van der Waals surface area contributed by atoms with Gasteiger partial charge in [0, 0.05) is 13.5 Å². The maximum atomic E-state index is 12.1. The lowest BCUT2D eigenvalue weighted by Crippen LogP contribution is -2.62. The Kier molecular flexibility index (Phi) is 7.39. The molecule has 0 aromatic carbocycles. The molecule has 0 saturated heterocycles. The fourth-order valence-corrected chi connectivity index (χ4v) is 9.18. The second kappa shape index (κ2) is 9.70. The zero-order chi connectivity index (χ0) is 24.8. The van der Waals surface area contributed by atoms with Crippen LogP contribution < -0.4 is 5.32 Å². The first kappa shape index (κ1) is 25.9. The molecule has 0 aromatic heterocycles. The van der Waals surface area contributed by atoms with Gasteiger partial charge in [-0.3, -0.25) is 9.59 Å². The van der Waals surface area contributed by atoms with Gasteiger partial charge in [0.25, 0.3) is 0 Å². The molecular weight excluding hydrogens is 434 g/mol. The summed E-state index contributed by atoms with van der Waals surface area (Å²) in [4.78, 5) is 22.8. The van der Waals surface area contributed by atoms with Crippen molar-refractivity contribution in [2.75, 3.05) is 13.7 Å². The van der Waals surface area contributed by atoms with Crippen LogP contribution >= 0.6 is 0 Å². The van der Waals surface area contributed by atoms with E-state index >= 15 is 0 Å². The summed E-state index contributed by atoms with van der Waals surface area (Å²) in [6.45, 7) is 6.54. The Morgan fingerprint density at radius 2 is 1.82 bits per heavy atom. The summed E-state index contributed by atoms with van der Waals surface area (Å²) in [5, 5.41) is 33.3. The minimum Gasteiger partial charge on any atom is -0.480 e. The Bertz CT molecular complexity index is 774. The van der Waals surface area contributed by atoms with E-state index in [-0.39, 0.29) is 47.5 Å². The van der Waals surface area contributed by atoms with Gasteiger partial charge < -0.3 is 25.4 Å². The quantitative estimate of drug-likeness (QED) is 0.446. The maximum Gasteiger partial charge on any atom is 0.322 e. The normalized spacial score (nSPS) is 46.6. The minimum absolute atomic E-state index is 0.146. The number of hydrogen-bond donors (Lipinski definition) is 4.